The van der Waals surface area contributed by atoms with Crippen LogP contribution >= 0.6 is 0 Å². The van der Waals surface area contributed by atoms with Gasteiger partial charge in [0, 0.05) is 0 Å². The predicted molar refractivity (Wildman–Crippen MR) is 37.1 cm³/mol. The van der Waals surface area contributed by atoms with Crippen molar-refractivity contribution in [3.8, 4) is 0 Å². The molecule has 0 heterocycles. The second kappa shape index (κ2) is 4.53. The predicted octanol–water partition coefficient (Wildman–Crippen LogP) is 0.696. The molecule has 0 radical (unpaired) electrons. The summed E-state index contributed by atoms with van der Waals surface area (Å²) in [4.78, 5) is 0. The molecule has 1 unspecified atom stereocenters. The summed E-state index contributed by atoms with van der Waals surface area (Å²) in [5, 5.41) is 17.4. The van der Waals surface area contributed by atoms with Gasteiger partial charge in [0.15, 0.2) is 0 Å². The van der Waals surface area contributed by atoms with E-state index in [4.69, 9.17) is 10.2 Å². The molecule has 0 saturated heterocycles. The molecule has 0 aliphatic carbocycles. The van der Waals surface area contributed by atoms with Crippen LogP contribution in [0.25, 0.3) is 0 Å². The number of hydrogen-bond acceptors (Lipinski definition) is 2. The molecule has 9 heavy (non-hydrogen) atoms. The Hall–Kier alpha value is -0.340. The number of allylic oxidation sites excluding steroid dienone is 1. The van der Waals surface area contributed by atoms with E-state index in [1.165, 1.54) is 0 Å². The summed E-state index contributed by atoms with van der Waals surface area (Å²) in [6.45, 7) is 3.63. The maximum Gasteiger partial charge on any atom is 0.0978 e. The van der Waals surface area contributed by atoms with Gasteiger partial charge in [0.1, 0.15) is 0 Å². The van der Waals surface area contributed by atoms with E-state index in [-0.39, 0.29) is 6.61 Å². The number of aliphatic hydroxyl groups is 2. The van der Waals surface area contributed by atoms with Crippen molar-refractivity contribution >= 4 is 0 Å². The van der Waals surface area contributed by atoms with Gasteiger partial charge in [0.25, 0.3) is 0 Å². The lowest BCUT2D eigenvalue weighted by Gasteiger charge is -2.05. The van der Waals surface area contributed by atoms with Crippen LogP contribution in [0.1, 0.15) is 20.3 Å². The van der Waals surface area contributed by atoms with Crippen molar-refractivity contribution in [3.63, 3.8) is 0 Å². The summed E-state index contributed by atoms with van der Waals surface area (Å²) in [7, 11) is 0. The Labute approximate surface area is 55.8 Å². The van der Waals surface area contributed by atoms with E-state index in [0.29, 0.717) is 0 Å². The van der Waals surface area contributed by atoms with Crippen LogP contribution in [0, 0.1) is 0 Å². The van der Waals surface area contributed by atoms with Gasteiger partial charge in [-0.05, 0) is 18.9 Å². The van der Waals surface area contributed by atoms with Crippen LogP contribution < -0.4 is 0 Å². The fourth-order valence-corrected chi connectivity index (χ4v) is 0.602. The van der Waals surface area contributed by atoms with E-state index in [1.807, 2.05) is 19.9 Å². The highest BCUT2D eigenvalue weighted by molar-refractivity contribution is 5.03. The molecule has 2 nitrogen and oxygen atoms in total. The van der Waals surface area contributed by atoms with Crippen LogP contribution in [-0.4, -0.2) is 22.9 Å². The average Bonchev–Trinajstić information content (AvgIpc) is 1.87. The largest absolute Gasteiger partial charge is 0.393 e. The van der Waals surface area contributed by atoms with E-state index in [9.17, 15) is 0 Å². The molecule has 0 rings (SSSR count). The van der Waals surface area contributed by atoms with Gasteiger partial charge >= 0.3 is 0 Å². The maximum atomic E-state index is 8.94. The van der Waals surface area contributed by atoms with Gasteiger partial charge in [-0.1, -0.05) is 13.0 Å². The van der Waals surface area contributed by atoms with E-state index in [2.05, 4.69) is 0 Å². The van der Waals surface area contributed by atoms with Crippen molar-refractivity contribution in [2.24, 2.45) is 0 Å². The smallest absolute Gasteiger partial charge is 0.0978 e. The Balaban J connectivity index is 3.70. The quantitative estimate of drug-likeness (QED) is 0.552. The average molecular weight is 130 g/mol. The minimum Gasteiger partial charge on any atom is -0.393 e. The van der Waals surface area contributed by atoms with E-state index in [1.54, 1.807) is 0 Å². The topological polar surface area (TPSA) is 40.5 Å². The highest BCUT2D eigenvalue weighted by Gasteiger charge is 2.01. The third kappa shape index (κ3) is 3.27. The zero-order valence-electron chi connectivity index (χ0n) is 5.96. The second-order valence-corrected chi connectivity index (χ2v) is 2.05. The summed E-state index contributed by atoms with van der Waals surface area (Å²) >= 11 is 0. The molecule has 0 fully saturated rings. The molecule has 0 saturated carbocycles. The molecule has 2 N–H and O–H groups in total. The van der Waals surface area contributed by atoms with E-state index >= 15 is 0 Å². The lowest BCUT2D eigenvalue weighted by atomic mass is 10.1. The lowest BCUT2D eigenvalue weighted by Crippen LogP contribution is -2.12. The van der Waals surface area contributed by atoms with Gasteiger partial charge < -0.3 is 10.2 Å². The standard InChI is InChI=1S/C7H14O2/c1-3-4-6(2)7(9)5-8/h4,7-9H,3,5H2,1-2H3. The monoisotopic (exact) mass is 130 g/mol. The van der Waals surface area contributed by atoms with Crippen molar-refractivity contribution in [2.75, 3.05) is 6.61 Å². The van der Waals surface area contributed by atoms with E-state index < -0.39 is 6.10 Å². The Morgan fingerprint density at radius 3 is 2.56 bits per heavy atom. The Bertz CT molecular complexity index is 97.1. The van der Waals surface area contributed by atoms with Crippen LogP contribution in [0.3, 0.4) is 0 Å². The van der Waals surface area contributed by atoms with Crippen molar-refractivity contribution < 1.29 is 10.2 Å². The molecule has 2 heteroatoms. The lowest BCUT2D eigenvalue weighted by molar-refractivity contribution is 0.122. The fraction of sp³-hybridized carbons (Fsp3) is 0.714. The molecule has 1 atom stereocenters. The van der Waals surface area contributed by atoms with Gasteiger partial charge in [-0.25, -0.2) is 0 Å². The van der Waals surface area contributed by atoms with Crippen molar-refractivity contribution in [1.82, 2.24) is 0 Å². The van der Waals surface area contributed by atoms with Crippen molar-refractivity contribution in [3.05, 3.63) is 11.6 Å². The number of aliphatic hydroxyl groups excluding tert-OH is 2. The molecule has 0 aliphatic heterocycles. The SMILES string of the molecule is CCC=C(C)C(O)CO. The molecule has 54 valence electrons. The van der Waals surface area contributed by atoms with Gasteiger partial charge in [-0.2, -0.15) is 0 Å². The molecular weight excluding hydrogens is 116 g/mol. The number of hydrogen-bond donors (Lipinski definition) is 2. The molecule has 0 bridgehead atoms. The van der Waals surface area contributed by atoms with Gasteiger partial charge in [-0.15, -0.1) is 0 Å². The Morgan fingerprint density at radius 1 is 1.67 bits per heavy atom. The second-order valence-electron chi connectivity index (χ2n) is 2.05. The van der Waals surface area contributed by atoms with Gasteiger partial charge in [-0.3, -0.25) is 0 Å². The molecule has 0 spiro atoms. The zero-order chi connectivity index (χ0) is 7.28. The molecule has 0 aromatic heterocycles. The van der Waals surface area contributed by atoms with Crippen LogP contribution in [0.4, 0.5) is 0 Å². The normalized spacial score (nSPS) is 15.8. The third-order valence-corrected chi connectivity index (χ3v) is 1.22. The molecule has 0 aliphatic rings. The van der Waals surface area contributed by atoms with Gasteiger partial charge in [0.2, 0.25) is 0 Å². The molecular formula is C7H14O2. The number of rotatable bonds is 3. The van der Waals surface area contributed by atoms with Crippen molar-refractivity contribution in [1.29, 1.82) is 0 Å². The molecule has 0 aromatic rings. The fourth-order valence-electron chi connectivity index (χ4n) is 0.602. The van der Waals surface area contributed by atoms with Gasteiger partial charge in [0.05, 0.1) is 12.7 Å². The van der Waals surface area contributed by atoms with Crippen LogP contribution in [0.15, 0.2) is 11.6 Å². The van der Waals surface area contributed by atoms with Crippen LogP contribution in [-0.2, 0) is 0 Å². The molecule has 0 aromatic carbocycles. The highest BCUT2D eigenvalue weighted by Crippen LogP contribution is 2.00. The van der Waals surface area contributed by atoms with Crippen LogP contribution in [0.5, 0.6) is 0 Å². The Morgan fingerprint density at radius 2 is 2.22 bits per heavy atom. The first-order valence-electron chi connectivity index (χ1n) is 3.18. The summed E-state index contributed by atoms with van der Waals surface area (Å²) in [5.41, 5.74) is 0.847. The van der Waals surface area contributed by atoms with E-state index in [0.717, 1.165) is 12.0 Å². The summed E-state index contributed by atoms with van der Waals surface area (Å²) in [6.07, 6.45) is 2.15. The first-order chi connectivity index (χ1) is 4.22. The summed E-state index contributed by atoms with van der Waals surface area (Å²) < 4.78 is 0. The highest BCUT2D eigenvalue weighted by atomic mass is 16.3. The first-order valence-corrected chi connectivity index (χ1v) is 3.18. The van der Waals surface area contributed by atoms with Crippen molar-refractivity contribution in [2.45, 2.75) is 26.4 Å². The third-order valence-electron chi connectivity index (χ3n) is 1.22. The maximum absolute atomic E-state index is 8.94. The first kappa shape index (κ1) is 8.66. The molecule has 0 amide bonds. The minimum atomic E-state index is -0.662. The zero-order valence-corrected chi connectivity index (χ0v) is 5.96. The minimum absolute atomic E-state index is 0.178. The van der Waals surface area contributed by atoms with Crippen LogP contribution in [0.2, 0.25) is 0 Å². The summed E-state index contributed by atoms with van der Waals surface area (Å²) in [6, 6.07) is 0. The Kier molecular flexibility index (Phi) is 4.36. The summed E-state index contributed by atoms with van der Waals surface area (Å²) in [5.74, 6) is 0.